The molecule has 0 saturated carbocycles. The van der Waals surface area contributed by atoms with Gasteiger partial charge in [0.05, 0.1) is 35.3 Å². The van der Waals surface area contributed by atoms with E-state index in [4.69, 9.17) is 0 Å². The molecule has 2 aromatic heterocycles. The standard InChI is InChI=1S/C9H6N4S/c1-2-7-8(11-5-10-7)3-6(1)9-4-12-14-13-9/h1-5H,(H,10,11). The summed E-state index contributed by atoms with van der Waals surface area (Å²) < 4.78 is 8.14. The van der Waals surface area contributed by atoms with Gasteiger partial charge >= 0.3 is 0 Å². The van der Waals surface area contributed by atoms with Crippen LogP contribution in [0.25, 0.3) is 22.3 Å². The number of hydrogen-bond acceptors (Lipinski definition) is 4. The van der Waals surface area contributed by atoms with Crippen molar-refractivity contribution < 1.29 is 0 Å². The van der Waals surface area contributed by atoms with E-state index in [1.54, 1.807) is 12.5 Å². The smallest absolute Gasteiger partial charge is 0.104 e. The predicted octanol–water partition coefficient (Wildman–Crippen LogP) is 2.08. The highest BCUT2D eigenvalue weighted by molar-refractivity contribution is 6.99. The third-order valence-electron chi connectivity index (χ3n) is 2.08. The van der Waals surface area contributed by atoms with Crippen LogP contribution in [-0.2, 0) is 0 Å². The Morgan fingerprint density at radius 1 is 1.29 bits per heavy atom. The van der Waals surface area contributed by atoms with E-state index in [-0.39, 0.29) is 0 Å². The zero-order valence-electron chi connectivity index (χ0n) is 7.14. The number of imidazole rings is 1. The second kappa shape index (κ2) is 2.88. The molecule has 1 aromatic carbocycles. The molecule has 68 valence electrons. The van der Waals surface area contributed by atoms with Crippen molar-refractivity contribution in [3.8, 4) is 11.3 Å². The maximum atomic E-state index is 4.17. The topological polar surface area (TPSA) is 54.5 Å². The Kier molecular flexibility index (Phi) is 1.57. The fourth-order valence-electron chi connectivity index (χ4n) is 1.39. The average Bonchev–Trinajstić information content (AvgIpc) is 2.88. The van der Waals surface area contributed by atoms with Gasteiger partial charge in [-0.3, -0.25) is 0 Å². The van der Waals surface area contributed by atoms with Crippen LogP contribution in [0.3, 0.4) is 0 Å². The SMILES string of the molecule is c1nc2ccc(-c3cnsn3)cc2[nH]1. The Hall–Kier alpha value is -1.75. The number of aromatic nitrogens is 4. The minimum atomic E-state index is 0.909. The minimum absolute atomic E-state index is 0.909. The van der Waals surface area contributed by atoms with Crippen molar-refractivity contribution in [2.45, 2.75) is 0 Å². The molecule has 14 heavy (non-hydrogen) atoms. The van der Waals surface area contributed by atoms with Gasteiger partial charge in [-0.2, -0.15) is 8.75 Å². The van der Waals surface area contributed by atoms with Crippen molar-refractivity contribution in [2.24, 2.45) is 0 Å². The van der Waals surface area contributed by atoms with Crippen LogP contribution >= 0.6 is 11.7 Å². The van der Waals surface area contributed by atoms with Crippen molar-refractivity contribution in [1.82, 2.24) is 18.7 Å². The summed E-state index contributed by atoms with van der Waals surface area (Å²) in [6.07, 6.45) is 3.45. The molecule has 0 spiro atoms. The highest BCUT2D eigenvalue weighted by Gasteiger charge is 2.02. The van der Waals surface area contributed by atoms with Gasteiger partial charge in [-0.15, -0.1) is 0 Å². The second-order valence-electron chi connectivity index (χ2n) is 2.93. The van der Waals surface area contributed by atoms with E-state index in [2.05, 4.69) is 18.7 Å². The van der Waals surface area contributed by atoms with Crippen LogP contribution in [0.15, 0.2) is 30.7 Å². The van der Waals surface area contributed by atoms with Gasteiger partial charge in [0.1, 0.15) is 5.69 Å². The molecule has 5 heteroatoms. The highest BCUT2D eigenvalue weighted by atomic mass is 32.1. The quantitative estimate of drug-likeness (QED) is 0.657. The fourth-order valence-corrected chi connectivity index (χ4v) is 1.82. The van der Waals surface area contributed by atoms with E-state index in [9.17, 15) is 0 Å². The van der Waals surface area contributed by atoms with Crippen molar-refractivity contribution in [3.05, 3.63) is 30.7 Å². The molecule has 0 unspecified atom stereocenters. The van der Waals surface area contributed by atoms with E-state index in [1.165, 1.54) is 11.7 Å². The summed E-state index contributed by atoms with van der Waals surface area (Å²) in [5.74, 6) is 0. The van der Waals surface area contributed by atoms with Gasteiger partial charge in [0.15, 0.2) is 0 Å². The first-order chi connectivity index (χ1) is 6.93. The third kappa shape index (κ3) is 1.10. The van der Waals surface area contributed by atoms with Gasteiger partial charge in [-0.1, -0.05) is 6.07 Å². The molecule has 3 rings (SSSR count). The summed E-state index contributed by atoms with van der Waals surface area (Å²) in [5.41, 5.74) is 3.97. The number of fused-ring (bicyclic) bond motifs is 1. The lowest BCUT2D eigenvalue weighted by Crippen LogP contribution is -1.77. The molecule has 4 nitrogen and oxygen atoms in total. The number of benzene rings is 1. The Balaban J connectivity index is 2.23. The van der Waals surface area contributed by atoms with E-state index >= 15 is 0 Å². The third-order valence-corrected chi connectivity index (χ3v) is 2.56. The molecule has 0 aliphatic carbocycles. The van der Waals surface area contributed by atoms with E-state index in [0.717, 1.165) is 22.3 Å². The van der Waals surface area contributed by atoms with E-state index in [0.29, 0.717) is 0 Å². The first kappa shape index (κ1) is 7.64. The lowest BCUT2D eigenvalue weighted by atomic mass is 10.1. The Labute approximate surface area is 84.0 Å². The molecule has 0 aliphatic rings. The van der Waals surface area contributed by atoms with Gasteiger partial charge in [-0.25, -0.2) is 4.98 Å². The molecule has 2 heterocycles. The lowest BCUT2D eigenvalue weighted by Gasteiger charge is -1.94. The maximum Gasteiger partial charge on any atom is 0.104 e. The molecule has 0 aliphatic heterocycles. The number of hydrogen-bond donors (Lipinski definition) is 1. The van der Waals surface area contributed by atoms with Gasteiger partial charge in [0, 0.05) is 5.56 Å². The van der Waals surface area contributed by atoms with Gasteiger partial charge in [0.2, 0.25) is 0 Å². The van der Waals surface area contributed by atoms with Crippen LogP contribution in [0.4, 0.5) is 0 Å². The maximum absolute atomic E-state index is 4.17. The minimum Gasteiger partial charge on any atom is -0.345 e. The molecule has 3 aromatic rings. The molecular weight excluding hydrogens is 196 g/mol. The molecule has 0 bridgehead atoms. The zero-order valence-corrected chi connectivity index (χ0v) is 7.95. The summed E-state index contributed by atoms with van der Waals surface area (Å²) in [7, 11) is 0. The van der Waals surface area contributed by atoms with Crippen molar-refractivity contribution in [2.75, 3.05) is 0 Å². The Bertz CT molecular complexity index is 555. The normalized spacial score (nSPS) is 10.9. The van der Waals surface area contributed by atoms with Crippen LogP contribution < -0.4 is 0 Å². The van der Waals surface area contributed by atoms with Crippen LogP contribution in [0.1, 0.15) is 0 Å². The first-order valence-electron chi connectivity index (χ1n) is 4.14. The summed E-state index contributed by atoms with van der Waals surface area (Å²) in [6.45, 7) is 0. The highest BCUT2D eigenvalue weighted by Crippen LogP contribution is 2.20. The largest absolute Gasteiger partial charge is 0.345 e. The van der Waals surface area contributed by atoms with Crippen LogP contribution in [0.2, 0.25) is 0 Å². The number of rotatable bonds is 1. The lowest BCUT2D eigenvalue weighted by molar-refractivity contribution is 1.34. The molecule has 0 amide bonds. The number of nitrogens with zero attached hydrogens (tertiary/aromatic N) is 3. The number of H-pyrrole nitrogens is 1. The van der Waals surface area contributed by atoms with Crippen molar-refractivity contribution >= 4 is 22.8 Å². The van der Waals surface area contributed by atoms with Gasteiger partial charge in [-0.05, 0) is 12.1 Å². The van der Waals surface area contributed by atoms with Crippen LogP contribution in [-0.4, -0.2) is 18.7 Å². The molecule has 0 fully saturated rings. The summed E-state index contributed by atoms with van der Waals surface area (Å²) >= 11 is 1.22. The number of aromatic amines is 1. The zero-order chi connectivity index (χ0) is 9.38. The van der Waals surface area contributed by atoms with E-state index < -0.39 is 0 Å². The van der Waals surface area contributed by atoms with Crippen molar-refractivity contribution in [3.63, 3.8) is 0 Å². The van der Waals surface area contributed by atoms with E-state index in [1.807, 2.05) is 18.2 Å². The fraction of sp³-hybridized carbons (Fsp3) is 0. The summed E-state index contributed by atoms with van der Waals surface area (Å²) in [6, 6.07) is 6.00. The average molecular weight is 202 g/mol. The molecular formula is C9H6N4S. The molecule has 0 saturated heterocycles. The molecule has 0 radical (unpaired) electrons. The second-order valence-corrected chi connectivity index (χ2v) is 3.48. The van der Waals surface area contributed by atoms with Gasteiger partial charge in [0.25, 0.3) is 0 Å². The van der Waals surface area contributed by atoms with Gasteiger partial charge < -0.3 is 4.98 Å². The molecule has 1 N–H and O–H groups in total. The van der Waals surface area contributed by atoms with Crippen molar-refractivity contribution in [1.29, 1.82) is 0 Å². The first-order valence-corrected chi connectivity index (χ1v) is 4.87. The predicted molar refractivity (Wildman–Crippen MR) is 55.0 cm³/mol. The number of nitrogens with one attached hydrogen (secondary N) is 1. The monoisotopic (exact) mass is 202 g/mol. The van der Waals surface area contributed by atoms with Crippen LogP contribution in [0, 0.1) is 0 Å². The summed E-state index contributed by atoms with van der Waals surface area (Å²) in [4.78, 5) is 7.22. The Morgan fingerprint density at radius 3 is 3.14 bits per heavy atom. The van der Waals surface area contributed by atoms with Crippen LogP contribution in [0.5, 0.6) is 0 Å². The summed E-state index contributed by atoms with van der Waals surface area (Å²) in [5, 5.41) is 0. The Morgan fingerprint density at radius 2 is 2.29 bits per heavy atom. The molecule has 0 atom stereocenters.